The van der Waals surface area contributed by atoms with Gasteiger partial charge in [-0.05, 0) is 49.0 Å². The van der Waals surface area contributed by atoms with Gasteiger partial charge in [0.05, 0.1) is 12.1 Å². The maximum Gasteiger partial charge on any atom is 0.251 e. The quantitative estimate of drug-likeness (QED) is 0.943. The first-order valence-corrected chi connectivity index (χ1v) is 8.13. The summed E-state index contributed by atoms with van der Waals surface area (Å²) in [4.78, 5) is 14.6. The molecule has 5 heteroatoms. The summed E-state index contributed by atoms with van der Waals surface area (Å²) < 4.78 is 6.93. The van der Waals surface area contributed by atoms with Gasteiger partial charge in [0.25, 0.3) is 5.91 Å². The van der Waals surface area contributed by atoms with Crippen molar-refractivity contribution in [2.75, 3.05) is 26.7 Å². The Morgan fingerprint density at radius 2 is 2.29 bits per heavy atom. The Balaban J connectivity index is 1.72. The average molecular weight is 304 g/mol. The van der Waals surface area contributed by atoms with Gasteiger partial charge in [0.15, 0.2) is 0 Å². The topological polar surface area (TPSA) is 41.6 Å². The summed E-state index contributed by atoms with van der Waals surface area (Å²) in [6, 6.07) is 7.96. The molecule has 1 aromatic carbocycles. The lowest BCUT2D eigenvalue weighted by Crippen LogP contribution is -2.43. The third kappa shape index (κ3) is 3.10. The first-order chi connectivity index (χ1) is 10.2. The van der Waals surface area contributed by atoms with Crippen LogP contribution in [0.5, 0.6) is 0 Å². The van der Waals surface area contributed by atoms with Crippen LogP contribution in [-0.4, -0.2) is 49.7 Å². The van der Waals surface area contributed by atoms with E-state index in [0.717, 1.165) is 18.5 Å². The highest BCUT2D eigenvalue weighted by molar-refractivity contribution is 7.17. The van der Waals surface area contributed by atoms with E-state index in [9.17, 15) is 4.79 Å². The van der Waals surface area contributed by atoms with Crippen LogP contribution in [0.1, 0.15) is 17.3 Å². The molecule has 1 aliphatic heterocycles. The fourth-order valence-electron chi connectivity index (χ4n) is 2.84. The highest BCUT2D eigenvalue weighted by atomic mass is 32.1. The molecule has 1 N–H and O–H groups in total. The van der Waals surface area contributed by atoms with Gasteiger partial charge in [-0.1, -0.05) is 0 Å². The Hall–Kier alpha value is -1.43. The van der Waals surface area contributed by atoms with Gasteiger partial charge in [0, 0.05) is 30.0 Å². The number of rotatable bonds is 4. The number of benzene rings is 1. The lowest BCUT2D eigenvalue weighted by Gasteiger charge is -2.19. The van der Waals surface area contributed by atoms with E-state index in [-0.39, 0.29) is 18.1 Å². The molecule has 0 saturated carbocycles. The number of carbonyl (C=O) groups excluding carboxylic acids is 1. The van der Waals surface area contributed by atoms with E-state index in [1.54, 1.807) is 11.3 Å². The predicted molar refractivity (Wildman–Crippen MR) is 86.0 cm³/mol. The second-order valence-corrected chi connectivity index (χ2v) is 6.42. The van der Waals surface area contributed by atoms with Crippen LogP contribution in [0.25, 0.3) is 10.1 Å². The Kier molecular flexibility index (Phi) is 4.24. The van der Waals surface area contributed by atoms with Crippen LogP contribution in [0.15, 0.2) is 29.6 Å². The largest absolute Gasteiger partial charge is 0.375 e. The van der Waals surface area contributed by atoms with E-state index in [4.69, 9.17) is 4.74 Å². The molecule has 1 saturated heterocycles. The summed E-state index contributed by atoms with van der Waals surface area (Å²) >= 11 is 1.69. The minimum absolute atomic E-state index is 0.0203. The molecule has 21 heavy (non-hydrogen) atoms. The number of likely N-dealkylation sites (N-methyl/N-ethyl adjacent to an activating group) is 1. The first kappa shape index (κ1) is 14.5. The standard InChI is InChI=1S/C16H20N2O2S/c1-3-20-14-10-18(2)9-13(14)17-16(19)12-4-5-15-11(8-12)6-7-21-15/h4-8,13-14H,3,9-10H2,1-2H3,(H,17,19)/t13-,14-/m0/s1. The predicted octanol–water partition coefficient (Wildman–Crippen LogP) is 2.35. The summed E-state index contributed by atoms with van der Waals surface area (Å²) in [6.07, 6.45) is 0.0776. The van der Waals surface area contributed by atoms with E-state index in [2.05, 4.69) is 17.3 Å². The minimum Gasteiger partial charge on any atom is -0.375 e. The molecule has 2 atom stereocenters. The third-order valence-corrected chi connectivity index (χ3v) is 4.76. The normalized spacial score (nSPS) is 22.8. The highest BCUT2D eigenvalue weighted by Crippen LogP contribution is 2.22. The van der Waals surface area contributed by atoms with E-state index >= 15 is 0 Å². The van der Waals surface area contributed by atoms with Crippen LogP contribution < -0.4 is 5.32 Å². The molecule has 0 radical (unpaired) electrons. The van der Waals surface area contributed by atoms with E-state index in [0.29, 0.717) is 12.2 Å². The number of carbonyl (C=O) groups is 1. The van der Waals surface area contributed by atoms with Gasteiger partial charge < -0.3 is 15.0 Å². The van der Waals surface area contributed by atoms with Crippen molar-refractivity contribution >= 4 is 27.3 Å². The molecule has 0 bridgehead atoms. The molecular weight excluding hydrogens is 284 g/mol. The lowest BCUT2D eigenvalue weighted by atomic mass is 10.1. The second-order valence-electron chi connectivity index (χ2n) is 5.47. The summed E-state index contributed by atoms with van der Waals surface area (Å²) in [5.74, 6) is -0.0203. The molecule has 1 aliphatic rings. The zero-order valence-corrected chi connectivity index (χ0v) is 13.2. The molecule has 2 heterocycles. The zero-order valence-electron chi connectivity index (χ0n) is 12.3. The van der Waals surface area contributed by atoms with Crippen LogP contribution >= 0.6 is 11.3 Å². The van der Waals surface area contributed by atoms with Gasteiger partial charge in [0.1, 0.15) is 0 Å². The molecule has 0 aliphatic carbocycles. The number of thiophene rings is 1. The Bertz CT molecular complexity index is 640. The molecule has 0 spiro atoms. The molecular formula is C16H20N2O2S. The van der Waals surface area contributed by atoms with E-state index in [1.807, 2.05) is 36.6 Å². The highest BCUT2D eigenvalue weighted by Gasteiger charge is 2.32. The number of ether oxygens (including phenoxy) is 1. The van der Waals surface area contributed by atoms with Gasteiger partial charge in [-0.25, -0.2) is 0 Å². The van der Waals surface area contributed by atoms with Gasteiger partial charge in [-0.2, -0.15) is 0 Å². The van der Waals surface area contributed by atoms with Crippen molar-refractivity contribution in [3.05, 3.63) is 35.2 Å². The Morgan fingerprint density at radius 3 is 3.10 bits per heavy atom. The Morgan fingerprint density at radius 1 is 1.43 bits per heavy atom. The van der Waals surface area contributed by atoms with Crippen molar-refractivity contribution in [3.63, 3.8) is 0 Å². The average Bonchev–Trinajstić information content (AvgIpc) is 3.05. The van der Waals surface area contributed by atoms with Crippen molar-refractivity contribution in [1.82, 2.24) is 10.2 Å². The molecule has 1 amide bonds. The number of nitrogens with one attached hydrogen (secondary N) is 1. The minimum atomic E-state index is -0.0203. The van der Waals surface area contributed by atoms with Crippen molar-refractivity contribution < 1.29 is 9.53 Å². The second kappa shape index (κ2) is 6.13. The van der Waals surface area contributed by atoms with Crippen LogP contribution in [0, 0.1) is 0 Å². The number of hydrogen-bond donors (Lipinski definition) is 1. The van der Waals surface area contributed by atoms with Crippen LogP contribution in [0.4, 0.5) is 0 Å². The number of amides is 1. The number of hydrogen-bond acceptors (Lipinski definition) is 4. The van der Waals surface area contributed by atoms with Crippen molar-refractivity contribution in [3.8, 4) is 0 Å². The Labute approximate surface area is 128 Å². The van der Waals surface area contributed by atoms with E-state index in [1.165, 1.54) is 4.70 Å². The molecule has 0 unspecified atom stereocenters. The summed E-state index contributed by atoms with van der Waals surface area (Å²) in [5, 5.41) is 6.28. The fraction of sp³-hybridized carbons (Fsp3) is 0.438. The summed E-state index contributed by atoms with van der Waals surface area (Å²) in [5.41, 5.74) is 0.714. The van der Waals surface area contributed by atoms with E-state index < -0.39 is 0 Å². The zero-order chi connectivity index (χ0) is 14.8. The van der Waals surface area contributed by atoms with Gasteiger partial charge in [-0.15, -0.1) is 11.3 Å². The molecule has 1 aromatic heterocycles. The summed E-state index contributed by atoms with van der Waals surface area (Å²) in [7, 11) is 2.05. The molecule has 4 nitrogen and oxygen atoms in total. The van der Waals surface area contributed by atoms with Gasteiger partial charge in [-0.3, -0.25) is 4.79 Å². The maximum absolute atomic E-state index is 12.4. The van der Waals surface area contributed by atoms with Crippen molar-refractivity contribution in [2.45, 2.75) is 19.1 Å². The SMILES string of the molecule is CCO[C@H]1CN(C)C[C@@H]1NC(=O)c1ccc2sccc2c1. The molecule has 1 fully saturated rings. The van der Waals surface area contributed by atoms with Crippen LogP contribution in [-0.2, 0) is 4.74 Å². The molecule has 2 aromatic rings. The third-order valence-electron chi connectivity index (χ3n) is 3.86. The van der Waals surface area contributed by atoms with Gasteiger partial charge in [0.2, 0.25) is 0 Å². The monoisotopic (exact) mass is 304 g/mol. The summed E-state index contributed by atoms with van der Waals surface area (Å²) in [6.45, 7) is 4.35. The smallest absolute Gasteiger partial charge is 0.251 e. The maximum atomic E-state index is 12.4. The fourth-order valence-corrected chi connectivity index (χ4v) is 3.61. The lowest BCUT2D eigenvalue weighted by molar-refractivity contribution is 0.0513. The van der Waals surface area contributed by atoms with Crippen LogP contribution in [0.2, 0.25) is 0 Å². The van der Waals surface area contributed by atoms with Crippen LogP contribution in [0.3, 0.4) is 0 Å². The number of nitrogens with zero attached hydrogens (tertiary/aromatic N) is 1. The first-order valence-electron chi connectivity index (χ1n) is 7.25. The number of likely N-dealkylation sites (tertiary alicyclic amines) is 1. The van der Waals surface area contributed by atoms with Crippen molar-refractivity contribution in [1.29, 1.82) is 0 Å². The van der Waals surface area contributed by atoms with Gasteiger partial charge >= 0.3 is 0 Å². The van der Waals surface area contributed by atoms with Crippen molar-refractivity contribution in [2.24, 2.45) is 0 Å². The molecule has 3 rings (SSSR count). The molecule has 112 valence electrons. The number of fused-ring (bicyclic) bond motifs is 1.